The molecule has 218 valence electrons. The number of hydrogen-bond acceptors (Lipinski definition) is 7. The van der Waals surface area contributed by atoms with Gasteiger partial charge in [0.25, 0.3) is 0 Å². The molecule has 1 amide bonds. The zero-order chi connectivity index (χ0) is 27.8. The van der Waals surface area contributed by atoms with Gasteiger partial charge in [-0.1, -0.05) is 26.3 Å². The first-order chi connectivity index (χ1) is 18.9. The summed E-state index contributed by atoms with van der Waals surface area (Å²) in [5, 5.41) is 10.5. The fourth-order valence-electron chi connectivity index (χ4n) is 6.55. The van der Waals surface area contributed by atoms with Crippen LogP contribution in [0.5, 0.6) is 0 Å². The van der Waals surface area contributed by atoms with Gasteiger partial charge in [-0.15, -0.1) is 0 Å². The third-order valence-corrected chi connectivity index (χ3v) is 8.81. The molecule has 3 aliphatic heterocycles. The van der Waals surface area contributed by atoms with Crippen molar-refractivity contribution < 1.29 is 24.2 Å². The largest absolute Gasteiger partial charge is 0.493 e. The van der Waals surface area contributed by atoms with Crippen LogP contribution in [0.15, 0.2) is 28.5 Å². The lowest BCUT2D eigenvalue weighted by molar-refractivity contribution is -0.145. The molecule has 0 aromatic rings. The molecule has 0 aromatic heterocycles. The molecule has 0 spiro atoms. The minimum atomic E-state index is -0.776. The Balaban J connectivity index is 1.53. The summed E-state index contributed by atoms with van der Waals surface area (Å²) in [6.45, 7) is 8.42. The van der Waals surface area contributed by atoms with E-state index in [0.717, 1.165) is 63.1 Å². The van der Waals surface area contributed by atoms with Crippen molar-refractivity contribution in [1.29, 1.82) is 0 Å². The van der Waals surface area contributed by atoms with Gasteiger partial charge in [0.2, 0.25) is 5.91 Å². The van der Waals surface area contributed by atoms with E-state index >= 15 is 0 Å². The van der Waals surface area contributed by atoms with Crippen LogP contribution in [0, 0.1) is 17.8 Å². The summed E-state index contributed by atoms with van der Waals surface area (Å²) in [5.74, 6) is 0.503. The van der Waals surface area contributed by atoms with Crippen LogP contribution in [0.25, 0.3) is 0 Å². The Morgan fingerprint density at radius 3 is 2.74 bits per heavy atom. The first-order valence-electron chi connectivity index (χ1n) is 15.1. The van der Waals surface area contributed by atoms with Gasteiger partial charge in [-0.05, 0) is 68.6 Å². The van der Waals surface area contributed by atoms with Gasteiger partial charge in [-0.3, -0.25) is 14.5 Å². The van der Waals surface area contributed by atoms with Crippen LogP contribution in [0.4, 0.5) is 0 Å². The molecule has 0 radical (unpaired) electrons. The average molecular weight is 545 g/mol. The maximum absolute atomic E-state index is 13.6. The van der Waals surface area contributed by atoms with Crippen molar-refractivity contribution in [1.82, 2.24) is 9.80 Å². The topological polar surface area (TPSA) is 118 Å². The highest BCUT2D eigenvalue weighted by molar-refractivity contribution is 5.79. The predicted molar refractivity (Wildman–Crippen MR) is 151 cm³/mol. The standard InChI is InChI=1S/C30H48N4O5/c1-3-5-14-33(15-7-6-13-31)28(35)19-34-18-24(21-8-10-26-22(17-21)12-16-38-26)29(30(36)37)25(34)9-11-27-32-23(4-2)20-39-27/h10,17,21,23-25,29H,3-9,11-16,18-20,31H2,1-2H3,(H,36,37)/t21-,23?,24-,25?,29-/m1/s1. The van der Waals surface area contributed by atoms with Gasteiger partial charge >= 0.3 is 5.97 Å². The monoisotopic (exact) mass is 544 g/mol. The van der Waals surface area contributed by atoms with E-state index in [-0.39, 0.29) is 36.4 Å². The second kappa shape index (κ2) is 14.3. The van der Waals surface area contributed by atoms with Gasteiger partial charge in [0.15, 0.2) is 5.90 Å². The Labute approximate surface area is 233 Å². The fraction of sp³-hybridized carbons (Fsp3) is 0.767. The van der Waals surface area contributed by atoms with Gasteiger partial charge in [-0.2, -0.15) is 0 Å². The summed E-state index contributed by atoms with van der Waals surface area (Å²) >= 11 is 0. The minimum absolute atomic E-state index is 0.0673. The maximum Gasteiger partial charge on any atom is 0.308 e. The van der Waals surface area contributed by atoms with Crippen LogP contribution in [0.1, 0.15) is 71.6 Å². The van der Waals surface area contributed by atoms with Crippen LogP contribution < -0.4 is 5.73 Å². The zero-order valence-electron chi connectivity index (χ0n) is 23.9. The summed E-state index contributed by atoms with van der Waals surface area (Å²) in [6.07, 6.45) is 11.9. The number of carbonyl (C=O) groups is 2. The van der Waals surface area contributed by atoms with Crippen LogP contribution in [0.3, 0.4) is 0 Å². The molecule has 3 heterocycles. The molecule has 2 saturated heterocycles. The lowest BCUT2D eigenvalue weighted by Gasteiger charge is -2.30. The van der Waals surface area contributed by atoms with Crippen molar-refractivity contribution in [2.24, 2.45) is 28.5 Å². The van der Waals surface area contributed by atoms with Gasteiger partial charge in [0.05, 0.1) is 25.1 Å². The fourth-order valence-corrected chi connectivity index (χ4v) is 6.55. The molecule has 9 heteroatoms. The Kier molecular flexibility index (Phi) is 10.9. The number of ether oxygens (including phenoxy) is 2. The number of hydrogen-bond donors (Lipinski definition) is 2. The molecule has 2 unspecified atom stereocenters. The highest BCUT2D eigenvalue weighted by Gasteiger charge is 2.49. The van der Waals surface area contributed by atoms with E-state index in [0.29, 0.717) is 45.7 Å². The van der Waals surface area contributed by atoms with Crippen LogP contribution in [-0.2, 0) is 19.1 Å². The summed E-state index contributed by atoms with van der Waals surface area (Å²) in [5.41, 5.74) is 6.90. The number of carbonyl (C=O) groups excluding carboxylic acids is 1. The SMILES string of the molecule is CCCCN(CCCCN)C(=O)CN1C[C@H]([C@H]2C=C3CCOC3=CC2)[C@@H](C(=O)O)C1CCC1=NC(CC)CO1. The Morgan fingerprint density at radius 1 is 1.21 bits per heavy atom. The number of unbranched alkanes of at least 4 members (excludes halogenated alkanes) is 2. The van der Waals surface area contributed by atoms with Crippen molar-refractivity contribution in [2.75, 3.05) is 45.9 Å². The second-order valence-corrected chi connectivity index (χ2v) is 11.4. The molecular formula is C30H48N4O5. The minimum Gasteiger partial charge on any atom is -0.493 e. The van der Waals surface area contributed by atoms with Gasteiger partial charge in [0, 0.05) is 38.5 Å². The number of rotatable bonds is 15. The molecule has 0 aromatic carbocycles. The number of aliphatic carboxylic acids is 1. The Hall–Kier alpha value is -2.39. The second-order valence-electron chi connectivity index (χ2n) is 11.4. The Morgan fingerprint density at radius 2 is 2.03 bits per heavy atom. The predicted octanol–water partition coefficient (Wildman–Crippen LogP) is 3.59. The number of nitrogens with two attached hydrogens (primary N) is 1. The first-order valence-corrected chi connectivity index (χ1v) is 15.1. The van der Waals surface area contributed by atoms with Gasteiger partial charge < -0.3 is 25.2 Å². The summed E-state index contributed by atoms with van der Waals surface area (Å²) < 4.78 is 11.6. The van der Waals surface area contributed by atoms with Gasteiger partial charge in [0.1, 0.15) is 12.4 Å². The van der Waals surface area contributed by atoms with E-state index in [4.69, 9.17) is 15.2 Å². The molecule has 0 bridgehead atoms. The number of aliphatic imine (C=N–C) groups is 1. The highest BCUT2D eigenvalue weighted by Crippen LogP contribution is 2.43. The normalized spacial score (nSPS) is 28.3. The highest BCUT2D eigenvalue weighted by atomic mass is 16.5. The maximum atomic E-state index is 13.6. The lowest BCUT2D eigenvalue weighted by atomic mass is 9.76. The van der Waals surface area contributed by atoms with Crippen LogP contribution in [-0.4, -0.2) is 90.7 Å². The molecule has 9 nitrogen and oxygen atoms in total. The van der Waals surface area contributed by atoms with E-state index in [1.807, 2.05) is 4.90 Å². The van der Waals surface area contributed by atoms with Crippen LogP contribution in [0.2, 0.25) is 0 Å². The molecule has 5 atom stereocenters. The molecule has 1 aliphatic carbocycles. The van der Waals surface area contributed by atoms with Crippen molar-refractivity contribution >= 4 is 17.8 Å². The van der Waals surface area contributed by atoms with E-state index in [9.17, 15) is 14.7 Å². The number of carboxylic acid groups (broad SMARTS) is 1. The van der Waals surface area contributed by atoms with E-state index in [1.54, 1.807) is 0 Å². The summed E-state index contributed by atoms with van der Waals surface area (Å²) in [6, 6.07) is -0.0579. The average Bonchev–Trinajstić information content (AvgIpc) is 3.67. The van der Waals surface area contributed by atoms with E-state index in [1.165, 1.54) is 5.57 Å². The summed E-state index contributed by atoms with van der Waals surface area (Å²) in [7, 11) is 0. The third-order valence-electron chi connectivity index (χ3n) is 8.81. The number of likely N-dealkylation sites (tertiary alicyclic amines) is 1. The molecular weight excluding hydrogens is 496 g/mol. The number of nitrogens with zero attached hydrogens (tertiary/aromatic N) is 3. The summed E-state index contributed by atoms with van der Waals surface area (Å²) in [4.78, 5) is 35.2. The van der Waals surface area contributed by atoms with Crippen molar-refractivity contribution in [3.63, 3.8) is 0 Å². The van der Waals surface area contributed by atoms with Crippen molar-refractivity contribution in [3.05, 3.63) is 23.5 Å². The van der Waals surface area contributed by atoms with Crippen molar-refractivity contribution in [3.8, 4) is 0 Å². The number of carboxylic acids is 1. The van der Waals surface area contributed by atoms with E-state index < -0.39 is 11.9 Å². The smallest absolute Gasteiger partial charge is 0.308 e. The molecule has 0 saturated carbocycles. The molecule has 4 aliphatic rings. The molecule has 4 rings (SSSR count). The molecule has 2 fully saturated rings. The first kappa shape index (κ1) is 29.6. The zero-order valence-corrected chi connectivity index (χ0v) is 23.9. The quantitative estimate of drug-likeness (QED) is 0.303. The lowest BCUT2D eigenvalue weighted by Crippen LogP contribution is -2.45. The molecule has 39 heavy (non-hydrogen) atoms. The Bertz CT molecular complexity index is 948. The number of amides is 1. The van der Waals surface area contributed by atoms with Crippen molar-refractivity contribution in [2.45, 2.75) is 83.7 Å². The van der Waals surface area contributed by atoms with Gasteiger partial charge in [-0.25, -0.2) is 4.99 Å². The van der Waals surface area contributed by atoms with E-state index in [2.05, 4.69) is 35.9 Å². The third kappa shape index (κ3) is 7.42. The molecule has 3 N–H and O–H groups in total. The number of fused-ring (bicyclic) bond motifs is 1. The van der Waals surface area contributed by atoms with Crippen LogP contribution >= 0.6 is 0 Å². The number of allylic oxidation sites excluding steroid dienone is 3.